The Bertz CT molecular complexity index is 131. The number of likely N-dealkylation sites (N-methyl/N-ethyl adjacent to an activating group) is 1. The first-order valence-corrected chi connectivity index (χ1v) is 6.52. The van der Waals surface area contributed by atoms with Gasteiger partial charge in [0.1, 0.15) is 0 Å². The lowest BCUT2D eigenvalue weighted by Crippen LogP contribution is -2.24. The Kier molecular flexibility index (Phi) is 10.9. The number of ether oxygens (including phenoxy) is 1. The van der Waals surface area contributed by atoms with Gasteiger partial charge in [0.15, 0.2) is 0 Å². The predicted molar refractivity (Wildman–Crippen MR) is 67.7 cm³/mol. The van der Waals surface area contributed by atoms with Gasteiger partial charge in [-0.25, -0.2) is 0 Å². The molecule has 0 fully saturated rings. The first-order chi connectivity index (χ1) is 7.16. The van der Waals surface area contributed by atoms with Crippen molar-refractivity contribution in [1.29, 1.82) is 0 Å². The molecule has 0 unspecified atom stereocenters. The molecule has 0 aromatic heterocycles. The van der Waals surface area contributed by atoms with Crippen molar-refractivity contribution < 1.29 is 4.74 Å². The van der Waals surface area contributed by atoms with Gasteiger partial charge in [-0.1, -0.05) is 20.3 Å². The first-order valence-electron chi connectivity index (χ1n) is 5.99. The molecule has 0 aliphatic rings. The number of hydrogen-bond donors (Lipinski definition) is 0. The zero-order valence-electron chi connectivity index (χ0n) is 10.5. The molecule has 3 heteroatoms. The zero-order chi connectivity index (χ0) is 11.5. The van der Waals surface area contributed by atoms with Gasteiger partial charge in [0.2, 0.25) is 0 Å². The van der Waals surface area contributed by atoms with E-state index < -0.39 is 0 Å². The van der Waals surface area contributed by atoms with Crippen LogP contribution < -0.4 is 0 Å². The summed E-state index contributed by atoms with van der Waals surface area (Å²) in [5.74, 6) is 1.43. The van der Waals surface area contributed by atoms with Crippen molar-refractivity contribution in [3.05, 3.63) is 0 Å². The third-order valence-corrected chi connectivity index (χ3v) is 2.51. The molecule has 0 aliphatic carbocycles. The summed E-state index contributed by atoms with van der Waals surface area (Å²) >= 11 is 5.62. The Morgan fingerprint density at radius 1 is 1.13 bits per heavy atom. The Morgan fingerprint density at radius 2 is 1.87 bits per heavy atom. The van der Waals surface area contributed by atoms with Crippen molar-refractivity contribution in [3.8, 4) is 0 Å². The Balaban J connectivity index is 3.15. The van der Waals surface area contributed by atoms with Crippen LogP contribution in [0.15, 0.2) is 0 Å². The molecule has 15 heavy (non-hydrogen) atoms. The molecular weight excluding hydrogens is 210 g/mol. The van der Waals surface area contributed by atoms with Crippen LogP contribution in [0, 0.1) is 5.92 Å². The van der Waals surface area contributed by atoms with Crippen LogP contribution in [-0.2, 0) is 4.74 Å². The van der Waals surface area contributed by atoms with Gasteiger partial charge in [-0.2, -0.15) is 0 Å². The van der Waals surface area contributed by atoms with E-state index in [9.17, 15) is 0 Å². The minimum absolute atomic E-state index is 0.638. The smallest absolute Gasteiger partial charge is 0.0593 e. The van der Waals surface area contributed by atoms with Crippen molar-refractivity contribution in [2.24, 2.45) is 5.92 Å². The Labute approximate surface area is 99.9 Å². The quantitative estimate of drug-likeness (QED) is 0.426. The maximum absolute atomic E-state index is 5.62. The number of nitrogens with zero attached hydrogens (tertiary/aromatic N) is 1. The molecule has 0 heterocycles. The number of rotatable bonds is 10. The molecular formula is C12H26ClNO. The Morgan fingerprint density at radius 3 is 2.47 bits per heavy atom. The van der Waals surface area contributed by atoms with Crippen LogP contribution in [0.3, 0.4) is 0 Å². The van der Waals surface area contributed by atoms with E-state index >= 15 is 0 Å². The second-order valence-electron chi connectivity index (χ2n) is 4.52. The van der Waals surface area contributed by atoms with Crippen LogP contribution in [0.25, 0.3) is 0 Å². The minimum Gasteiger partial charge on any atom is -0.380 e. The highest BCUT2D eigenvalue weighted by Crippen LogP contribution is 1.99. The van der Waals surface area contributed by atoms with Crippen LogP contribution >= 0.6 is 11.6 Å². The van der Waals surface area contributed by atoms with Crippen molar-refractivity contribution in [3.63, 3.8) is 0 Å². The second kappa shape index (κ2) is 10.7. The number of halogens is 1. The number of unbranched alkanes of at least 4 members (excludes halogenated alkanes) is 2. The standard InChI is InChI=1S/C12H26ClNO/c1-12(2)11-15-10-9-14(3)8-6-4-5-7-13/h12H,4-11H2,1-3H3. The summed E-state index contributed by atoms with van der Waals surface area (Å²) in [7, 11) is 2.15. The lowest BCUT2D eigenvalue weighted by Gasteiger charge is -2.16. The highest BCUT2D eigenvalue weighted by atomic mass is 35.5. The molecule has 2 nitrogen and oxygen atoms in total. The monoisotopic (exact) mass is 235 g/mol. The molecule has 0 bridgehead atoms. The number of alkyl halides is 1. The van der Waals surface area contributed by atoms with Crippen LogP contribution in [0.2, 0.25) is 0 Å². The van der Waals surface area contributed by atoms with E-state index in [4.69, 9.17) is 16.3 Å². The molecule has 0 aliphatic heterocycles. The molecule has 0 saturated carbocycles. The largest absolute Gasteiger partial charge is 0.380 e. The molecule has 0 saturated heterocycles. The first kappa shape index (κ1) is 15.2. The van der Waals surface area contributed by atoms with E-state index in [0.717, 1.165) is 38.6 Å². The van der Waals surface area contributed by atoms with Gasteiger partial charge < -0.3 is 9.64 Å². The molecule has 0 aromatic rings. The van der Waals surface area contributed by atoms with Gasteiger partial charge >= 0.3 is 0 Å². The Hall–Kier alpha value is 0.210. The fraction of sp³-hybridized carbons (Fsp3) is 1.00. The molecule has 0 rings (SSSR count). The van der Waals surface area contributed by atoms with E-state index in [2.05, 4.69) is 25.8 Å². The van der Waals surface area contributed by atoms with Crippen molar-refractivity contribution in [2.45, 2.75) is 33.1 Å². The molecule has 0 atom stereocenters. The highest BCUT2D eigenvalue weighted by molar-refractivity contribution is 6.17. The van der Waals surface area contributed by atoms with Crippen LogP contribution in [0.4, 0.5) is 0 Å². The third-order valence-electron chi connectivity index (χ3n) is 2.24. The summed E-state index contributed by atoms with van der Waals surface area (Å²) in [6, 6.07) is 0. The summed E-state index contributed by atoms with van der Waals surface area (Å²) < 4.78 is 5.53. The highest BCUT2D eigenvalue weighted by Gasteiger charge is 1.99. The second-order valence-corrected chi connectivity index (χ2v) is 4.90. The summed E-state index contributed by atoms with van der Waals surface area (Å²) in [6.07, 6.45) is 3.62. The van der Waals surface area contributed by atoms with Crippen LogP contribution in [-0.4, -0.2) is 44.1 Å². The van der Waals surface area contributed by atoms with Crippen molar-refractivity contribution in [1.82, 2.24) is 4.90 Å². The van der Waals surface area contributed by atoms with Crippen LogP contribution in [0.5, 0.6) is 0 Å². The van der Waals surface area contributed by atoms with E-state index in [1.54, 1.807) is 0 Å². The molecule has 0 radical (unpaired) electrons. The average molecular weight is 236 g/mol. The maximum Gasteiger partial charge on any atom is 0.0593 e. The lowest BCUT2D eigenvalue weighted by molar-refractivity contribution is 0.0912. The maximum atomic E-state index is 5.62. The number of hydrogen-bond acceptors (Lipinski definition) is 2. The van der Waals surface area contributed by atoms with Gasteiger partial charge in [-0.05, 0) is 32.4 Å². The van der Waals surface area contributed by atoms with Crippen molar-refractivity contribution >= 4 is 11.6 Å². The van der Waals surface area contributed by atoms with E-state index in [1.807, 2.05) is 0 Å². The molecule has 92 valence electrons. The molecule has 0 aromatic carbocycles. The summed E-state index contributed by atoms with van der Waals surface area (Å²) in [6.45, 7) is 8.27. The van der Waals surface area contributed by atoms with E-state index in [-0.39, 0.29) is 0 Å². The SMILES string of the molecule is CC(C)COCCN(C)CCCCCCl. The summed E-state index contributed by atoms with van der Waals surface area (Å²) in [5, 5.41) is 0. The molecule has 0 N–H and O–H groups in total. The predicted octanol–water partition coefficient (Wildman–Crippen LogP) is 3.00. The van der Waals surface area contributed by atoms with E-state index in [0.29, 0.717) is 5.92 Å². The normalized spacial score (nSPS) is 11.6. The van der Waals surface area contributed by atoms with Gasteiger partial charge in [0, 0.05) is 19.0 Å². The van der Waals surface area contributed by atoms with Gasteiger partial charge in [-0.3, -0.25) is 0 Å². The average Bonchev–Trinajstić information content (AvgIpc) is 2.19. The summed E-state index contributed by atoms with van der Waals surface area (Å²) in [4.78, 5) is 2.33. The van der Waals surface area contributed by atoms with Gasteiger partial charge in [0.05, 0.1) is 6.61 Å². The van der Waals surface area contributed by atoms with Crippen LogP contribution in [0.1, 0.15) is 33.1 Å². The van der Waals surface area contributed by atoms with Gasteiger partial charge in [0.25, 0.3) is 0 Å². The minimum atomic E-state index is 0.638. The van der Waals surface area contributed by atoms with E-state index in [1.165, 1.54) is 12.8 Å². The third kappa shape index (κ3) is 12.1. The fourth-order valence-corrected chi connectivity index (χ4v) is 1.49. The molecule has 0 spiro atoms. The topological polar surface area (TPSA) is 12.5 Å². The van der Waals surface area contributed by atoms with Crippen molar-refractivity contribution in [2.75, 3.05) is 39.2 Å². The fourth-order valence-electron chi connectivity index (χ4n) is 1.30. The zero-order valence-corrected chi connectivity index (χ0v) is 11.2. The van der Waals surface area contributed by atoms with Gasteiger partial charge in [-0.15, -0.1) is 11.6 Å². The lowest BCUT2D eigenvalue weighted by atomic mass is 10.2. The molecule has 0 amide bonds. The summed E-state index contributed by atoms with van der Waals surface area (Å²) in [5.41, 5.74) is 0.